The van der Waals surface area contributed by atoms with Gasteiger partial charge in [-0.1, -0.05) is 18.2 Å². The van der Waals surface area contributed by atoms with Crippen molar-refractivity contribution < 1.29 is 32.2 Å². The van der Waals surface area contributed by atoms with E-state index in [1.165, 1.54) is 34.7 Å². The first-order valence-electron chi connectivity index (χ1n) is 12.5. The average Bonchev–Trinajstić information content (AvgIpc) is 3.22. The van der Waals surface area contributed by atoms with Crippen LogP contribution in [0.25, 0.3) is 5.65 Å². The third kappa shape index (κ3) is 6.71. The number of aromatic nitrogens is 2. The molecule has 2 amide bonds. The molecule has 2 aromatic heterocycles. The number of aryl methyl sites for hydroxylation is 1. The smallest absolute Gasteiger partial charge is 0.407 e. The molecule has 4 aromatic rings. The van der Waals surface area contributed by atoms with Gasteiger partial charge < -0.3 is 20.1 Å². The minimum absolute atomic E-state index is 0.0371. The van der Waals surface area contributed by atoms with Gasteiger partial charge in [-0.3, -0.25) is 9.20 Å². The molecule has 0 aliphatic heterocycles. The second-order valence-corrected chi connectivity index (χ2v) is 10.1. The Morgan fingerprint density at radius 1 is 1.00 bits per heavy atom. The molecular formula is C29H29F3N4O4. The summed E-state index contributed by atoms with van der Waals surface area (Å²) in [5.74, 6) is -2.23. The Kier molecular flexibility index (Phi) is 8.32. The molecule has 40 heavy (non-hydrogen) atoms. The Balaban J connectivity index is 1.58. The number of rotatable bonds is 8. The van der Waals surface area contributed by atoms with E-state index in [1.807, 2.05) is 0 Å². The van der Waals surface area contributed by atoms with E-state index in [9.17, 15) is 22.8 Å². The van der Waals surface area contributed by atoms with E-state index >= 15 is 0 Å². The molecule has 2 aromatic carbocycles. The fourth-order valence-corrected chi connectivity index (χ4v) is 4.04. The molecule has 0 spiro atoms. The highest BCUT2D eigenvalue weighted by Gasteiger charge is 2.24. The van der Waals surface area contributed by atoms with Gasteiger partial charge >= 0.3 is 6.09 Å². The van der Waals surface area contributed by atoms with Crippen molar-refractivity contribution in [2.24, 2.45) is 0 Å². The number of ether oxygens (including phenoxy) is 2. The first-order chi connectivity index (χ1) is 18.9. The predicted molar refractivity (Wildman–Crippen MR) is 141 cm³/mol. The minimum Gasteiger partial charge on any atom is -0.485 e. The Morgan fingerprint density at radius 3 is 2.33 bits per heavy atom. The number of hydrogen-bond acceptors (Lipinski definition) is 5. The number of imidazole rings is 1. The van der Waals surface area contributed by atoms with Crippen LogP contribution in [0.15, 0.2) is 60.8 Å². The summed E-state index contributed by atoms with van der Waals surface area (Å²) >= 11 is 0. The number of nitrogens with zero attached hydrogens (tertiary/aromatic N) is 2. The molecule has 0 aliphatic rings. The van der Waals surface area contributed by atoms with Crippen LogP contribution in [-0.4, -0.2) is 33.5 Å². The molecule has 2 heterocycles. The summed E-state index contributed by atoms with van der Waals surface area (Å²) in [7, 11) is 0. The van der Waals surface area contributed by atoms with Crippen molar-refractivity contribution in [1.29, 1.82) is 0 Å². The monoisotopic (exact) mass is 554 g/mol. The zero-order valence-electron chi connectivity index (χ0n) is 22.4. The van der Waals surface area contributed by atoms with E-state index < -0.39 is 41.1 Å². The fourth-order valence-electron chi connectivity index (χ4n) is 4.04. The van der Waals surface area contributed by atoms with E-state index in [4.69, 9.17) is 9.47 Å². The van der Waals surface area contributed by atoms with Gasteiger partial charge in [0.05, 0.1) is 17.3 Å². The highest BCUT2D eigenvalue weighted by atomic mass is 19.1. The molecule has 210 valence electrons. The molecule has 0 saturated carbocycles. The van der Waals surface area contributed by atoms with Gasteiger partial charge in [-0.15, -0.1) is 0 Å². The fraction of sp³-hybridized carbons (Fsp3) is 0.276. The third-order valence-corrected chi connectivity index (χ3v) is 5.86. The lowest BCUT2D eigenvalue weighted by molar-refractivity contribution is 0.0519. The van der Waals surface area contributed by atoms with Crippen LogP contribution in [0.5, 0.6) is 5.75 Å². The number of hydrogen-bond donors (Lipinski definition) is 2. The van der Waals surface area contributed by atoms with Crippen molar-refractivity contribution in [2.45, 2.75) is 45.9 Å². The number of pyridine rings is 1. The van der Waals surface area contributed by atoms with E-state index in [0.29, 0.717) is 11.3 Å². The molecule has 1 unspecified atom stereocenters. The van der Waals surface area contributed by atoms with Gasteiger partial charge in [0.15, 0.2) is 11.4 Å². The van der Waals surface area contributed by atoms with E-state index in [-0.39, 0.29) is 35.8 Å². The Labute approximate surface area is 229 Å². The van der Waals surface area contributed by atoms with Crippen molar-refractivity contribution in [3.8, 4) is 5.75 Å². The van der Waals surface area contributed by atoms with Crippen molar-refractivity contribution >= 4 is 17.6 Å². The number of halogens is 3. The largest absolute Gasteiger partial charge is 0.485 e. The van der Waals surface area contributed by atoms with E-state index in [2.05, 4.69) is 15.6 Å². The van der Waals surface area contributed by atoms with Gasteiger partial charge in [0.2, 0.25) is 0 Å². The summed E-state index contributed by atoms with van der Waals surface area (Å²) in [6.07, 6.45) is 0.931. The van der Waals surface area contributed by atoms with Crippen molar-refractivity contribution in [3.05, 3.63) is 101 Å². The maximum atomic E-state index is 14.1. The number of carbonyl (C=O) groups excluding carboxylic acids is 2. The number of benzene rings is 2. The number of carbonyl (C=O) groups is 2. The van der Waals surface area contributed by atoms with Crippen LogP contribution < -0.4 is 15.4 Å². The summed E-state index contributed by atoms with van der Waals surface area (Å²) in [6.45, 7) is 6.39. The quantitative estimate of drug-likeness (QED) is 0.294. The van der Waals surface area contributed by atoms with E-state index in [0.717, 1.165) is 12.1 Å². The normalized spacial score (nSPS) is 12.2. The van der Waals surface area contributed by atoms with Crippen LogP contribution in [0, 0.1) is 24.4 Å². The Bertz CT molecular complexity index is 1510. The first kappa shape index (κ1) is 28.5. The summed E-state index contributed by atoms with van der Waals surface area (Å²) in [4.78, 5) is 30.2. The van der Waals surface area contributed by atoms with Gasteiger partial charge in [-0.05, 0) is 69.7 Å². The van der Waals surface area contributed by atoms with Crippen LogP contribution in [0.3, 0.4) is 0 Å². The molecule has 0 aliphatic carbocycles. The molecule has 4 rings (SSSR count). The molecule has 0 radical (unpaired) electrons. The first-order valence-corrected chi connectivity index (χ1v) is 12.5. The van der Waals surface area contributed by atoms with Crippen LogP contribution in [0.2, 0.25) is 0 Å². The molecule has 11 heteroatoms. The third-order valence-electron chi connectivity index (χ3n) is 5.86. The van der Waals surface area contributed by atoms with Gasteiger partial charge in [0.1, 0.15) is 35.4 Å². The molecular weight excluding hydrogens is 525 g/mol. The predicted octanol–water partition coefficient (Wildman–Crippen LogP) is 5.63. The number of amides is 2. The van der Waals surface area contributed by atoms with E-state index in [1.54, 1.807) is 46.0 Å². The van der Waals surface area contributed by atoms with Gasteiger partial charge in [-0.2, -0.15) is 0 Å². The topological polar surface area (TPSA) is 94.0 Å². The molecule has 0 saturated heterocycles. The maximum Gasteiger partial charge on any atom is 0.407 e. The zero-order valence-corrected chi connectivity index (χ0v) is 22.4. The second-order valence-electron chi connectivity index (χ2n) is 10.1. The minimum atomic E-state index is -0.742. The summed E-state index contributed by atoms with van der Waals surface area (Å²) < 4.78 is 54.2. The molecule has 0 bridgehead atoms. The molecule has 2 N–H and O–H groups in total. The van der Waals surface area contributed by atoms with Crippen LogP contribution in [0.4, 0.5) is 18.0 Å². The van der Waals surface area contributed by atoms with Crippen LogP contribution in [0.1, 0.15) is 54.1 Å². The lowest BCUT2D eigenvalue weighted by Crippen LogP contribution is -2.40. The van der Waals surface area contributed by atoms with Crippen LogP contribution >= 0.6 is 0 Å². The lowest BCUT2D eigenvalue weighted by Gasteiger charge is -2.23. The Morgan fingerprint density at radius 2 is 1.68 bits per heavy atom. The lowest BCUT2D eigenvalue weighted by atomic mass is 10.1. The zero-order chi connectivity index (χ0) is 29.0. The van der Waals surface area contributed by atoms with Gasteiger partial charge in [0.25, 0.3) is 5.91 Å². The number of alkyl carbamates (subject to hydrolysis) is 1. The number of fused-ring (bicyclic) bond motifs is 1. The van der Waals surface area contributed by atoms with Crippen molar-refractivity contribution in [3.63, 3.8) is 0 Å². The van der Waals surface area contributed by atoms with Gasteiger partial charge in [-0.25, -0.2) is 22.9 Å². The van der Waals surface area contributed by atoms with Gasteiger partial charge in [0, 0.05) is 12.7 Å². The number of nitrogens with one attached hydrogen (secondary N) is 2. The summed E-state index contributed by atoms with van der Waals surface area (Å²) in [5.41, 5.74) is 0.417. The Hall–Kier alpha value is -4.54. The average molecular weight is 555 g/mol. The molecule has 1 atom stereocenters. The van der Waals surface area contributed by atoms with Crippen molar-refractivity contribution in [2.75, 3.05) is 6.54 Å². The molecule has 0 fully saturated rings. The molecule has 8 nitrogen and oxygen atoms in total. The summed E-state index contributed by atoms with van der Waals surface area (Å²) in [5, 5.41) is 5.50. The van der Waals surface area contributed by atoms with Crippen LogP contribution in [-0.2, 0) is 11.3 Å². The van der Waals surface area contributed by atoms with Crippen molar-refractivity contribution in [1.82, 2.24) is 20.0 Å². The SMILES string of the molecule is Cc1nc2c(OCc3c(F)cccc3F)cccn2c1C(=O)NC(CNC(=O)OC(C)(C)C)c1ccc(F)cc1. The highest BCUT2D eigenvalue weighted by molar-refractivity contribution is 5.95. The maximum absolute atomic E-state index is 14.1. The summed E-state index contributed by atoms with van der Waals surface area (Å²) in [6, 6.07) is 11.5. The second kappa shape index (κ2) is 11.7. The highest BCUT2D eigenvalue weighted by Crippen LogP contribution is 2.25. The standard InChI is InChI=1S/C29H29F3N4O4/c1-17-25(36-14-6-9-24(26(36)34-17)39-16-20-21(31)7-5-8-22(20)32)27(37)35-23(18-10-12-19(30)13-11-18)15-33-28(38)40-29(2,3)4/h5-14,23H,15-16H2,1-4H3,(H,33,38)(H,35,37).